The summed E-state index contributed by atoms with van der Waals surface area (Å²) in [7, 11) is 1.43. The molecule has 2 saturated heterocycles. The van der Waals surface area contributed by atoms with Gasteiger partial charge in [0.1, 0.15) is 17.6 Å². The van der Waals surface area contributed by atoms with Gasteiger partial charge in [0.05, 0.1) is 53.9 Å². The predicted molar refractivity (Wildman–Crippen MR) is 144 cm³/mol. The second-order valence-electron chi connectivity index (χ2n) is 12.5. The maximum absolute atomic E-state index is 13.6. The van der Waals surface area contributed by atoms with Gasteiger partial charge in [-0.1, -0.05) is 13.3 Å². The SMILES string of the molecule is COc1cc(C#N)c(OC2CCC(C)(C(=O)O)CC2)cc1C(=O)NC1C2CCC(O2)C1C(=O)NCC1(C)CCC1. The van der Waals surface area contributed by atoms with Gasteiger partial charge in [0.25, 0.3) is 5.91 Å². The molecule has 5 rings (SSSR count). The zero-order chi connectivity index (χ0) is 28.7. The van der Waals surface area contributed by atoms with Gasteiger partial charge in [-0.15, -0.1) is 0 Å². The van der Waals surface area contributed by atoms with E-state index in [1.807, 2.05) is 0 Å². The first kappa shape index (κ1) is 28.2. The minimum atomic E-state index is -0.819. The van der Waals surface area contributed by atoms with Crippen molar-refractivity contribution in [2.24, 2.45) is 16.7 Å². The number of carbonyl (C=O) groups is 3. The number of carbonyl (C=O) groups excluding carboxylic acids is 2. The Morgan fingerprint density at radius 2 is 1.77 bits per heavy atom. The molecule has 1 aromatic rings. The molecule has 4 unspecified atom stereocenters. The van der Waals surface area contributed by atoms with Crippen LogP contribution in [-0.4, -0.2) is 60.9 Å². The van der Waals surface area contributed by atoms with E-state index in [9.17, 15) is 24.8 Å². The third-order valence-corrected chi connectivity index (χ3v) is 9.64. The van der Waals surface area contributed by atoms with Gasteiger partial charge in [0, 0.05) is 12.6 Å². The van der Waals surface area contributed by atoms with Crippen LogP contribution in [0.5, 0.6) is 11.5 Å². The molecule has 2 aliphatic carbocycles. The fraction of sp³-hybridized carbons (Fsp3) is 0.667. The summed E-state index contributed by atoms with van der Waals surface area (Å²) < 4.78 is 17.7. The van der Waals surface area contributed by atoms with E-state index >= 15 is 0 Å². The lowest BCUT2D eigenvalue weighted by Gasteiger charge is -2.39. The van der Waals surface area contributed by atoms with Crippen molar-refractivity contribution >= 4 is 17.8 Å². The molecular formula is C30H39N3O7. The molecule has 4 fully saturated rings. The van der Waals surface area contributed by atoms with E-state index in [0.717, 1.165) is 25.7 Å². The van der Waals surface area contributed by atoms with E-state index in [2.05, 4.69) is 23.6 Å². The summed E-state index contributed by atoms with van der Waals surface area (Å²) in [6.45, 7) is 4.54. The number of nitrogens with one attached hydrogen (secondary N) is 2. The molecule has 1 aromatic carbocycles. The molecule has 0 spiro atoms. The van der Waals surface area contributed by atoms with Gasteiger partial charge in [-0.05, 0) is 69.8 Å². The third-order valence-electron chi connectivity index (χ3n) is 9.64. The number of nitriles is 1. The Morgan fingerprint density at radius 1 is 1.07 bits per heavy atom. The molecule has 2 saturated carbocycles. The van der Waals surface area contributed by atoms with Crippen molar-refractivity contribution in [2.75, 3.05) is 13.7 Å². The van der Waals surface area contributed by atoms with Gasteiger partial charge in [0.15, 0.2) is 0 Å². The molecule has 10 nitrogen and oxygen atoms in total. The van der Waals surface area contributed by atoms with Crippen LogP contribution in [0.4, 0.5) is 0 Å². The van der Waals surface area contributed by atoms with Crippen LogP contribution in [-0.2, 0) is 14.3 Å². The maximum Gasteiger partial charge on any atom is 0.309 e. The van der Waals surface area contributed by atoms with Gasteiger partial charge >= 0.3 is 5.97 Å². The lowest BCUT2D eigenvalue weighted by molar-refractivity contribution is -0.150. The zero-order valence-corrected chi connectivity index (χ0v) is 23.5. The number of aliphatic carboxylic acids is 1. The highest BCUT2D eigenvalue weighted by Gasteiger charge is 2.53. The lowest BCUT2D eigenvalue weighted by Crippen LogP contribution is -2.53. The molecular weight excluding hydrogens is 514 g/mol. The molecule has 0 radical (unpaired) electrons. The number of rotatable bonds is 9. The largest absolute Gasteiger partial charge is 0.496 e. The zero-order valence-electron chi connectivity index (χ0n) is 23.5. The van der Waals surface area contributed by atoms with Gasteiger partial charge in [0.2, 0.25) is 5.91 Å². The Morgan fingerprint density at radius 3 is 2.38 bits per heavy atom. The first-order chi connectivity index (χ1) is 19.1. The molecule has 0 aromatic heterocycles. The summed E-state index contributed by atoms with van der Waals surface area (Å²) in [5.41, 5.74) is -0.218. The number of carboxylic acid groups (broad SMARTS) is 1. The van der Waals surface area contributed by atoms with Crippen molar-refractivity contribution in [3.05, 3.63) is 23.3 Å². The molecule has 2 amide bonds. The van der Waals surface area contributed by atoms with Crippen molar-refractivity contribution in [1.82, 2.24) is 10.6 Å². The minimum absolute atomic E-state index is 0.0906. The number of amides is 2. The van der Waals surface area contributed by atoms with Crippen LogP contribution in [0.2, 0.25) is 0 Å². The fourth-order valence-electron chi connectivity index (χ4n) is 6.63. The average molecular weight is 554 g/mol. The summed E-state index contributed by atoms with van der Waals surface area (Å²) in [4.78, 5) is 38.5. The Balaban J connectivity index is 1.31. The van der Waals surface area contributed by atoms with Crippen molar-refractivity contribution in [3.8, 4) is 17.6 Å². The third kappa shape index (κ3) is 5.36. The number of ether oxygens (including phenoxy) is 3. The van der Waals surface area contributed by atoms with Crippen LogP contribution in [0.15, 0.2) is 12.1 Å². The van der Waals surface area contributed by atoms with Crippen LogP contribution in [0.25, 0.3) is 0 Å². The van der Waals surface area contributed by atoms with Crippen molar-refractivity contribution in [3.63, 3.8) is 0 Å². The first-order valence-electron chi connectivity index (χ1n) is 14.3. The Labute approximate surface area is 234 Å². The number of benzene rings is 1. The summed E-state index contributed by atoms with van der Waals surface area (Å²) in [6, 6.07) is 4.63. The first-order valence-corrected chi connectivity index (χ1v) is 14.3. The highest BCUT2D eigenvalue weighted by molar-refractivity contribution is 5.98. The molecule has 2 bridgehead atoms. The van der Waals surface area contributed by atoms with Gasteiger partial charge < -0.3 is 30.0 Å². The Bertz CT molecular complexity index is 1210. The van der Waals surface area contributed by atoms with Crippen LogP contribution in [0.3, 0.4) is 0 Å². The van der Waals surface area contributed by atoms with E-state index in [1.165, 1.54) is 25.7 Å². The molecule has 10 heteroatoms. The number of hydrogen-bond donors (Lipinski definition) is 3. The lowest BCUT2D eigenvalue weighted by atomic mass is 9.70. The normalized spacial score (nSPS) is 31.9. The quantitative estimate of drug-likeness (QED) is 0.421. The van der Waals surface area contributed by atoms with Crippen molar-refractivity contribution < 1.29 is 33.7 Å². The van der Waals surface area contributed by atoms with Gasteiger partial charge in [-0.2, -0.15) is 5.26 Å². The number of hydrogen-bond acceptors (Lipinski definition) is 7. The smallest absolute Gasteiger partial charge is 0.309 e. The maximum atomic E-state index is 13.6. The molecule has 40 heavy (non-hydrogen) atoms. The Hall–Kier alpha value is -3.32. The fourth-order valence-corrected chi connectivity index (χ4v) is 6.63. The monoisotopic (exact) mass is 553 g/mol. The number of carboxylic acids is 1. The molecule has 4 aliphatic rings. The number of fused-ring (bicyclic) bond motifs is 2. The summed E-state index contributed by atoms with van der Waals surface area (Å²) >= 11 is 0. The molecule has 4 atom stereocenters. The molecule has 2 aliphatic heterocycles. The van der Waals surface area contributed by atoms with Crippen LogP contribution < -0.4 is 20.1 Å². The van der Waals surface area contributed by atoms with Crippen LogP contribution >= 0.6 is 0 Å². The predicted octanol–water partition coefficient (Wildman–Crippen LogP) is 3.56. The highest BCUT2D eigenvalue weighted by Crippen LogP contribution is 2.42. The average Bonchev–Trinajstić information content (AvgIpc) is 3.53. The van der Waals surface area contributed by atoms with Crippen molar-refractivity contribution in [1.29, 1.82) is 5.26 Å². The highest BCUT2D eigenvalue weighted by atomic mass is 16.5. The van der Waals surface area contributed by atoms with Gasteiger partial charge in [-0.3, -0.25) is 14.4 Å². The van der Waals surface area contributed by atoms with E-state index < -0.39 is 29.3 Å². The number of nitrogens with zero attached hydrogens (tertiary/aromatic N) is 1. The summed E-state index contributed by atoms with van der Waals surface area (Å²) in [5, 5.41) is 25.4. The number of methoxy groups -OCH3 is 1. The van der Waals surface area contributed by atoms with Crippen LogP contribution in [0.1, 0.15) is 87.6 Å². The van der Waals surface area contributed by atoms with Gasteiger partial charge in [-0.25, -0.2) is 0 Å². The van der Waals surface area contributed by atoms with E-state index in [1.54, 1.807) is 6.92 Å². The van der Waals surface area contributed by atoms with E-state index in [0.29, 0.717) is 32.2 Å². The van der Waals surface area contributed by atoms with E-state index in [-0.39, 0.29) is 52.3 Å². The minimum Gasteiger partial charge on any atom is -0.496 e. The second-order valence-corrected chi connectivity index (χ2v) is 12.5. The summed E-state index contributed by atoms with van der Waals surface area (Å²) in [5.74, 6) is -1.33. The topological polar surface area (TPSA) is 147 Å². The second kappa shape index (κ2) is 10.9. The molecule has 216 valence electrons. The van der Waals surface area contributed by atoms with Crippen LogP contribution in [0, 0.1) is 28.1 Å². The molecule has 2 heterocycles. The standard InChI is InChI=1S/C30H39N3O7/c1-29(9-4-10-29)16-32-27(35)24-20-5-6-21(40-20)25(24)33-26(34)19-14-22(17(15-31)13-23(19)38-3)39-18-7-11-30(2,12-8-18)28(36)37/h13-14,18,20-21,24-25H,4-12,16H2,1-3H3,(H,32,35)(H,33,34)(H,36,37). The van der Waals surface area contributed by atoms with Crippen molar-refractivity contribution in [2.45, 2.75) is 96.0 Å². The molecule has 3 N–H and O–H groups in total. The summed E-state index contributed by atoms with van der Waals surface area (Å²) in [6.07, 6.45) is 6.18. The van der Waals surface area contributed by atoms with E-state index in [4.69, 9.17) is 14.2 Å². The Kier molecular flexibility index (Phi) is 7.71.